The van der Waals surface area contributed by atoms with E-state index < -0.39 is 10.1 Å². The topological polar surface area (TPSA) is 77.9 Å². The van der Waals surface area contributed by atoms with E-state index in [0.29, 0.717) is 5.92 Å². The van der Waals surface area contributed by atoms with Gasteiger partial charge in [0.05, 0.1) is 4.90 Å². The minimum Gasteiger partial charge on any atom is -0.309 e. The highest BCUT2D eigenvalue weighted by Crippen LogP contribution is 2.30. The molecule has 0 bridgehead atoms. The van der Waals surface area contributed by atoms with Crippen LogP contribution in [0.5, 0.6) is 0 Å². The Balaban J connectivity index is 0.000000296. The van der Waals surface area contributed by atoms with E-state index in [9.17, 15) is 13.2 Å². The molecule has 1 amide bonds. The van der Waals surface area contributed by atoms with Gasteiger partial charge < -0.3 is 9.80 Å². The third-order valence-corrected chi connectivity index (χ3v) is 7.74. The molecular weight excluding hydrogens is 532 g/mol. The van der Waals surface area contributed by atoms with E-state index in [2.05, 4.69) is 73.6 Å². The van der Waals surface area contributed by atoms with E-state index in [1.807, 2.05) is 42.2 Å². The number of rotatable bonds is 6. The van der Waals surface area contributed by atoms with E-state index in [-0.39, 0.29) is 10.8 Å². The number of carbonyl (C=O) groups excluding carboxylic acids is 1. The second-order valence-electron chi connectivity index (χ2n) is 10.5. The van der Waals surface area contributed by atoms with Gasteiger partial charge in [0.1, 0.15) is 0 Å². The Hall–Kier alpha value is -4.04. The molecule has 1 atom stereocenters. The third kappa shape index (κ3) is 8.47. The Morgan fingerprint density at radius 2 is 1.49 bits per heavy atom. The van der Waals surface area contributed by atoms with Gasteiger partial charge in [-0.2, -0.15) is 8.42 Å². The van der Waals surface area contributed by atoms with Gasteiger partial charge in [-0.25, -0.2) is 0 Å². The molecule has 0 aliphatic carbocycles. The number of carbonyl (C=O) groups is 1. The zero-order valence-corrected chi connectivity index (χ0v) is 24.5. The summed E-state index contributed by atoms with van der Waals surface area (Å²) < 4.78 is 29.6. The molecule has 0 fully saturated rings. The average Bonchev–Trinajstić information content (AvgIpc) is 2.96. The first-order valence-corrected chi connectivity index (χ1v) is 15.0. The summed E-state index contributed by atoms with van der Waals surface area (Å²) in [5.41, 5.74) is 6.65. The molecule has 1 heterocycles. The van der Waals surface area contributed by atoms with Gasteiger partial charge in [0.2, 0.25) is 0 Å². The fraction of sp³-hybridized carbons (Fsp3) is 0.206. The number of fused-ring (bicyclic) bond motifs is 1. The highest BCUT2D eigenvalue weighted by Gasteiger charge is 2.27. The molecule has 7 heteroatoms. The van der Waals surface area contributed by atoms with Crippen molar-refractivity contribution in [3.63, 3.8) is 0 Å². The summed E-state index contributed by atoms with van der Waals surface area (Å²) in [6.07, 6.45) is 4.63. The summed E-state index contributed by atoms with van der Waals surface area (Å²) in [6, 6.07) is 32.9. The van der Waals surface area contributed by atoms with Crippen LogP contribution in [0.2, 0.25) is 0 Å². The van der Waals surface area contributed by atoms with Crippen LogP contribution in [-0.4, -0.2) is 51.0 Å². The predicted octanol–water partition coefficient (Wildman–Crippen LogP) is 6.38. The van der Waals surface area contributed by atoms with Gasteiger partial charge in [-0.15, -0.1) is 0 Å². The van der Waals surface area contributed by atoms with Gasteiger partial charge in [-0.05, 0) is 79.9 Å². The highest BCUT2D eigenvalue weighted by molar-refractivity contribution is 7.85. The van der Waals surface area contributed by atoms with Crippen molar-refractivity contribution in [2.45, 2.75) is 18.2 Å². The van der Waals surface area contributed by atoms with Crippen LogP contribution in [0, 0.1) is 12.8 Å². The van der Waals surface area contributed by atoms with Crippen molar-refractivity contribution in [1.82, 2.24) is 4.90 Å². The summed E-state index contributed by atoms with van der Waals surface area (Å²) >= 11 is 0. The average molecular weight is 569 g/mol. The van der Waals surface area contributed by atoms with E-state index >= 15 is 0 Å². The number of nitrogens with zero attached hydrogens (tertiary/aromatic N) is 2. The quantitative estimate of drug-likeness (QED) is 0.216. The lowest BCUT2D eigenvalue weighted by Gasteiger charge is -2.35. The first kappa shape index (κ1) is 29.9. The molecule has 0 radical (unpaired) electrons. The summed E-state index contributed by atoms with van der Waals surface area (Å²) in [6.45, 7) is 3.57. The van der Waals surface area contributed by atoms with E-state index in [0.717, 1.165) is 36.3 Å². The van der Waals surface area contributed by atoms with E-state index in [4.69, 9.17) is 4.55 Å². The second kappa shape index (κ2) is 13.5. The maximum Gasteiger partial charge on any atom is 0.294 e. The summed E-state index contributed by atoms with van der Waals surface area (Å²) in [7, 11) is 0.158. The number of benzene rings is 4. The minimum absolute atomic E-state index is 0.0399. The molecule has 1 aliphatic rings. The summed E-state index contributed by atoms with van der Waals surface area (Å²) in [5, 5.41) is 0. The minimum atomic E-state index is -4.02. The molecule has 4 aromatic carbocycles. The van der Waals surface area contributed by atoms with Crippen LogP contribution in [0.25, 0.3) is 17.2 Å². The van der Waals surface area contributed by atoms with Crippen molar-refractivity contribution in [3.05, 3.63) is 126 Å². The SMILES string of the molecule is CN(C)CC1Cc2ccccc2N(C(=O)C=Cc2ccc(-c3ccccc3)cc2)C1.Cc1ccc(S(=O)(=O)O)cc1. The summed E-state index contributed by atoms with van der Waals surface area (Å²) in [4.78, 5) is 17.1. The Bertz CT molecular complexity index is 1580. The zero-order valence-electron chi connectivity index (χ0n) is 23.6. The van der Waals surface area contributed by atoms with Gasteiger partial charge >= 0.3 is 0 Å². The standard InChI is InChI=1S/C27H28N2O.C7H8O3S/c1-28(2)19-22-18-25-10-6-7-11-26(25)29(20-22)27(30)17-14-21-12-15-24(16-13-21)23-8-4-3-5-9-23;1-6-2-4-7(5-3-6)11(8,9)10/h3-17,22H,18-20H2,1-2H3;2-5H,1H3,(H,8,9,10). The Morgan fingerprint density at radius 3 is 2.12 bits per heavy atom. The van der Waals surface area contributed by atoms with Gasteiger partial charge in [0, 0.05) is 24.9 Å². The molecule has 4 aromatic rings. The van der Waals surface area contributed by atoms with Gasteiger partial charge in [0.15, 0.2) is 0 Å². The molecule has 212 valence electrons. The molecule has 1 aliphatic heterocycles. The van der Waals surface area contributed by atoms with Crippen LogP contribution in [0.1, 0.15) is 16.7 Å². The monoisotopic (exact) mass is 568 g/mol. The largest absolute Gasteiger partial charge is 0.309 e. The third-order valence-electron chi connectivity index (χ3n) is 6.88. The molecule has 0 aromatic heterocycles. The van der Waals surface area contributed by atoms with Gasteiger partial charge in [-0.3, -0.25) is 9.35 Å². The molecule has 6 nitrogen and oxygen atoms in total. The Labute approximate surface area is 243 Å². The van der Waals surface area contributed by atoms with Crippen LogP contribution in [0.4, 0.5) is 5.69 Å². The smallest absolute Gasteiger partial charge is 0.294 e. The Morgan fingerprint density at radius 1 is 0.878 bits per heavy atom. The number of para-hydroxylation sites is 1. The normalized spacial score (nSPS) is 14.9. The molecule has 0 saturated carbocycles. The molecule has 0 saturated heterocycles. The lowest BCUT2D eigenvalue weighted by atomic mass is 9.92. The number of aryl methyl sites for hydroxylation is 1. The molecule has 41 heavy (non-hydrogen) atoms. The lowest BCUT2D eigenvalue weighted by molar-refractivity contribution is -0.114. The number of anilines is 1. The van der Waals surface area contributed by atoms with Crippen LogP contribution >= 0.6 is 0 Å². The fourth-order valence-corrected chi connectivity index (χ4v) is 5.39. The second-order valence-corrected chi connectivity index (χ2v) is 11.9. The lowest BCUT2D eigenvalue weighted by Crippen LogP contribution is -2.42. The van der Waals surface area contributed by atoms with Crippen LogP contribution < -0.4 is 4.90 Å². The Kier molecular flexibility index (Phi) is 9.89. The van der Waals surface area contributed by atoms with Crippen molar-refractivity contribution in [3.8, 4) is 11.1 Å². The number of hydrogen-bond acceptors (Lipinski definition) is 4. The first-order valence-electron chi connectivity index (χ1n) is 13.5. The van der Waals surface area contributed by atoms with Gasteiger partial charge in [-0.1, -0.05) is 90.5 Å². The van der Waals surface area contributed by atoms with E-state index in [1.54, 1.807) is 18.2 Å². The maximum absolute atomic E-state index is 13.1. The predicted molar refractivity (Wildman–Crippen MR) is 166 cm³/mol. The van der Waals surface area contributed by atoms with Crippen molar-refractivity contribution < 1.29 is 17.8 Å². The van der Waals surface area contributed by atoms with E-state index in [1.165, 1.54) is 28.8 Å². The van der Waals surface area contributed by atoms with Crippen molar-refractivity contribution in [2.75, 3.05) is 32.1 Å². The number of hydrogen-bond donors (Lipinski definition) is 1. The molecule has 1 unspecified atom stereocenters. The molecule has 0 spiro atoms. The zero-order chi connectivity index (χ0) is 29.4. The van der Waals surface area contributed by atoms with Gasteiger partial charge in [0.25, 0.3) is 16.0 Å². The first-order chi connectivity index (χ1) is 19.6. The summed E-state index contributed by atoms with van der Waals surface area (Å²) in [5.74, 6) is 0.482. The van der Waals surface area contributed by atoms with Crippen LogP contribution in [0.15, 0.2) is 114 Å². The molecular formula is C34H36N2O4S. The van der Waals surface area contributed by atoms with Crippen molar-refractivity contribution >= 4 is 27.8 Å². The fourth-order valence-electron chi connectivity index (χ4n) is 4.91. The molecule has 5 rings (SSSR count). The highest BCUT2D eigenvalue weighted by atomic mass is 32.2. The van der Waals surface area contributed by atoms with Crippen LogP contribution in [0.3, 0.4) is 0 Å². The maximum atomic E-state index is 13.1. The number of amides is 1. The van der Waals surface area contributed by atoms with Crippen molar-refractivity contribution in [2.24, 2.45) is 5.92 Å². The molecule has 1 N–H and O–H groups in total. The van der Waals surface area contributed by atoms with Crippen molar-refractivity contribution in [1.29, 1.82) is 0 Å². The van der Waals surface area contributed by atoms with Crippen LogP contribution in [-0.2, 0) is 21.3 Å².